The van der Waals surface area contributed by atoms with Gasteiger partial charge < -0.3 is 0 Å². The average molecular weight is 753 g/mol. The van der Waals surface area contributed by atoms with Gasteiger partial charge in [0.1, 0.15) is 0 Å². The minimum Gasteiger partial charge on any atom is -0.228 e. The first kappa shape index (κ1) is 34.8. The minimum atomic E-state index is -0.190. The van der Waals surface area contributed by atoms with E-state index in [9.17, 15) is 0 Å². The molecule has 10 aromatic rings. The van der Waals surface area contributed by atoms with Gasteiger partial charge >= 0.3 is 0 Å². The van der Waals surface area contributed by atoms with Crippen LogP contribution in [0.15, 0.2) is 206 Å². The van der Waals surface area contributed by atoms with Crippen molar-refractivity contribution < 1.29 is 0 Å². The number of hydrogen-bond acceptors (Lipinski definition) is 2. The summed E-state index contributed by atoms with van der Waals surface area (Å²) >= 11 is 0. The molecule has 2 heteroatoms. The fourth-order valence-electron chi connectivity index (χ4n) is 9.51. The third-order valence-corrected chi connectivity index (χ3v) is 12.3. The van der Waals surface area contributed by atoms with Gasteiger partial charge in [-0.05, 0) is 95.4 Å². The van der Waals surface area contributed by atoms with Crippen molar-refractivity contribution >= 4 is 21.5 Å². The molecule has 0 aliphatic heterocycles. The van der Waals surface area contributed by atoms with E-state index in [4.69, 9.17) is 9.97 Å². The molecule has 11 rings (SSSR count). The maximum Gasteiger partial charge on any atom is 0.161 e. The summed E-state index contributed by atoms with van der Waals surface area (Å²) in [7, 11) is 0. The molecule has 59 heavy (non-hydrogen) atoms. The molecule has 1 aliphatic rings. The zero-order valence-corrected chi connectivity index (χ0v) is 33.0. The smallest absolute Gasteiger partial charge is 0.161 e. The van der Waals surface area contributed by atoms with Crippen LogP contribution in [0.5, 0.6) is 0 Å². The van der Waals surface area contributed by atoms with Gasteiger partial charge in [-0.2, -0.15) is 0 Å². The lowest BCUT2D eigenvalue weighted by atomic mass is 9.77. The second-order valence-corrected chi connectivity index (χ2v) is 16.1. The van der Waals surface area contributed by atoms with Crippen LogP contribution in [0, 0.1) is 0 Å². The van der Waals surface area contributed by atoms with Gasteiger partial charge in [0.05, 0.1) is 11.4 Å². The van der Waals surface area contributed by atoms with Crippen LogP contribution < -0.4 is 0 Å². The Balaban J connectivity index is 1.03. The highest BCUT2D eigenvalue weighted by atomic mass is 14.9. The molecule has 0 radical (unpaired) electrons. The summed E-state index contributed by atoms with van der Waals surface area (Å²) in [5, 5.41) is 4.93. The highest BCUT2D eigenvalue weighted by Gasteiger charge is 2.39. The summed E-state index contributed by atoms with van der Waals surface area (Å²) in [6.45, 7) is 4.78. The Labute approximate surface area is 345 Å². The molecule has 0 N–H and O–H groups in total. The van der Waals surface area contributed by atoms with E-state index in [1.165, 1.54) is 66.2 Å². The number of hydrogen-bond donors (Lipinski definition) is 0. The first-order valence-corrected chi connectivity index (χ1v) is 20.4. The third kappa shape index (κ3) is 5.87. The molecule has 0 bridgehead atoms. The van der Waals surface area contributed by atoms with Crippen molar-refractivity contribution in [1.29, 1.82) is 0 Å². The Morgan fingerprint density at radius 2 is 0.763 bits per heavy atom. The number of rotatable bonds is 6. The van der Waals surface area contributed by atoms with Crippen LogP contribution in [-0.2, 0) is 5.41 Å². The van der Waals surface area contributed by atoms with Gasteiger partial charge in [-0.3, -0.25) is 0 Å². The SMILES string of the molecule is CC1(C)c2c(cccc2-c2ccc(-c3nc(-c4ccccc4)cc(-c4ccc(-c5cccc(-c6ccccc6)c5)cc4)n3)c3ccccc23)-c2ccc3ccccc3c21. The summed E-state index contributed by atoms with van der Waals surface area (Å²) in [5.74, 6) is 0.709. The van der Waals surface area contributed by atoms with Crippen molar-refractivity contribution in [2.24, 2.45) is 0 Å². The van der Waals surface area contributed by atoms with E-state index in [1.807, 2.05) is 6.07 Å². The van der Waals surface area contributed by atoms with E-state index in [0.29, 0.717) is 5.82 Å². The maximum atomic E-state index is 5.33. The van der Waals surface area contributed by atoms with E-state index in [2.05, 4.69) is 214 Å². The topological polar surface area (TPSA) is 25.8 Å². The minimum absolute atomic E-state index is 0.190. The van der Waals surface area contributed by atoms with Crippen molar-refractivity contribution in [2.45, 2.75) is 19.3 Å². The van der Waals surface area contributed by atoms with Gasteiger partial charge in [0.15, 0.2) is 5.82 Å². The van der Waals surface area contributed by atoms with E-state index < -0.39 is 0 Å². The summed E-state index contributed by atoms with van der Waals surface area (Å²) in [6, 6.07) is 74.1. The van der Waals surface area contributed by atoms with Crippen LogP contribution in [0.1, 0.15) is 25.0 Å². The summed E-state index contributed by atoms with van der Waals surface area (Å²) in [4.78, 5) is 10.6. The van der Waals surface area contributed by atoms with Crippen LogP contribution in [0.4, 0.5) is 0 Å². The molecule has 0 amide bonds. The average Bonchev–Trinajstić information content (AvgIpc) is 3.55. The molecule has 9 aromatic carbocycles. The normalized spacial score (nSPS) is 12.7. The molecular weight excluding hydrogens is 713 g/mol. The third-order valence-electron chi connectivity index (χ3n) is 12.3. The van der Waals surface area contributed by atoms with E-state index >= 15 is 0 Å². The first-order chi connectivity index (χ1) is 29.0. The highest BCUT2D eigenvalue weighted by molar-refractivity contribution is 6.07. The Kier molecular flexibility index (Phi) is 8.20. The maximum absolute atomic E-state index is 5.33. The van der Waals surface area contributed by atoms with Crippen molar-refractivity contribution in [3.63, 3.8) is 0 Å². The van der Waals surface area contributed by atoms with Gasteiger partial charge in [0.25, 0.3) is 0 Å². The summed E-state index contributed by atoms with van der Waals surface area (Å²) in [5.41, 5.74) is 17.4. The van der Waals surface area contributed by atoms with Crippen molar-refractivity contribution in [3.8, 4) is 78.4 Å². The predicted molar refractivity (Wildman–Crippen MR) is 247 cm³/mol. The van der Waals surface area contributed by atoms with Crippen LogP contribution in [0.25, 0.3) is 100.0 Å². The molecule has 2 nitrogen and oxygen atoms in total. The molecule has 0 fully saturated rings. The molecule has 0 saturated heterocycles. The van der Waals surface area contributed by atoms with Crippen LogP contribution in [-0.4, -0.2) is 9.97 Å². The van der Waals surface area contributed by atoms with Gasteiger partial charge in [-0.1, -0.05) is 202 Å². The first-order valence-electron chi connectivity index (χ1n) is 20.4. The zero-order valence-electron chi connectivity index (χ0n) is 33.0. The molecule has 1 aliphatic carbocycles. The fraction of sp³-hybridized carbons (Fsp3) is 0.0526. The van der Waals surface area contributed by atoms with Crippen LogP contribution >= 0.6 is 0 Å². The predicted octanol–water partition coefficient (Wildman–Crippen LogP) is 15.1. The zero-order chi connectivity index (χ0) is 39.5. The highest BCUT2D eigenvalue weighted by Crippen LogP contribution is 2.55. The quantitative estimate of drug-likeness (QED) is 0.169. The van der Waals surface area contributed by atoms with Gasteiger partial charge in [-0.15, -0.1) is 0 Å². The molecule has 1 aromatic heterocycles. The molecule has 0 spiro atoms. The molecule has 0 atom stereocenters. The summed E-state index contributed by atoms with van der Waals surface area (Å²) in [6.07, 6.45) is 0. The van der Waals surface area contributed by atoms with E-state index in [1.54, 1.807) is 0 Å². The Bertz CT molecular complexity index is 3220. The lowest BCUT2D eigenvalue weighted by molar-refractivity contribution is 0.668. The summed E-state index contributed by atoms with van der Waals surface area (Å²) < 4.78 is 0. The lowest BCUT2D eigenvalue weighted by Gasteiger charge is -2.26. The Hall–Kier alpha value is -7.42. The number of fused-ring (bicyclic) bond motifs is 6. The van der Waals surface area contributed by atoms with Gasteiger partial charge in [0, 0.05) is 22.1 Å². The second kappa shape index (κ2) is 13.9. The molecule has 278 valence electrons. The largest absolute Gasteiger partial charge is 0.228 e. The Morgan fingerprint density at radius 3 is 1.46 bits per heavy atom. The lowest BCUT2D eigenvalue weighted by Crippen LogP contribution is -2.17. The van der Waals surface area contributed by atoms with Crippen molar-refractivity contribution in [1.82, 2.24) is 9.97 Å². The van der Waals surface area contributed by atoms with Gasteiger partial charge in [-0.25, -0.2) is 9.97 Å². The van der Waals surface area contributed by atoms with E-state index in [-0.39, 0.29) is 5.41 Å². The monoisotopic (exact) mass is 752 g/mol. The number of aromatic nitrogens is 2. The molecule has 0 saturated carbocycles. The Morgan fingerprint density at radius 1 is 0.305 bits per heavy atom. The standard InChI is InChI=1S/C57H40N2/c1-57(2)54-44-22-10-9-17-39(44)31-32-50(54)49-26-14-25-48(55(49)57)47-33-34-51(46-24-12-11-23-45(46)47)56-58-52(40-18-7-4-8-19-40)36-53(59-56)41-29-27-38(28-30-41)43-21-13-20-42(35-43)37-15-5-3-6-16-37/h3-36H,1-2H3. The number of benzene rings is 9. The molecule has 1 heterocycles. The number of nitrogens with zero attached hydrogens (tertiary/aromatic N) is 2. The second-order valence-electron chi connectivity index (χ2n) is 16.1. The van der Waals surface area contributed by atoms with Crippen molar-refractivity contribution in [3.05, 3.63) is 217 Å². The fourth-order valence-corrected chi connectivity index (χ4v) is 9.51. The molecular formula is C57H40N2. The van der Waals surface area contributed by atoms with Crippen molar-refractivity contribution in [2.75, 3.05) is 0 Å². The van der Waals surface area contributed by atoms with Crippen LogP contribution in [0.3, 0.4) is 0 Å². The molecule has 0 unspecified atom stereocenters. The van der Waals surface area contributed by atoms with Gasteiger partial charge in [0.2, 0.25) is 0 Å². The van der Waals surface area contributed by atoms with E-state index in [0.717, 1.165) is 39.0 Å². The van der Waals surface area contributed by atoms with Crippen LogP contribution in [0.2, 0.25) is 0 Å².